The molecule has 0 N–H and O–H groups in total. The van der Waals surface area contributed by atoms with Gasteiger partial charge in [0.2, 0.25) is 0 Å². The minimum atomic E-state index is 0.194. The van der Waals surface area contributed by atoms with Crippen LogP contribution < -0.4 is 0 Å². The normalized spacial score (nSPS) is 11.2. The molecule has 0 saturated carbocycles. The van der Waals surface area contributed by atoms with E-state index in [0.29, 0.717) is 6.54 Å². The van der Waals surface area contributed by atoms with Crippen LogP contribution in [0.3, 0.4) is 0 Å². The Hall–Kier alpha value is -1.84. The van der Waals surface area contributed by atoms with E-state index in [2.05, 4.69) is 66.7 Å². The molecule has 0 fully saturated rings. The Labute approximate surface area is 188 Å². The molecule has 3 rings (SSSR count). The van der Waals surface area contributed by atoms with E-state index in [1.54, 1.807) is 0 Å². The van der Waals surface area contributed by atoms with E-state index in [9.17, 15) is 0 Å². The van der Waals surface area contributed by atoms with Crippen molar-refractivity contribution < 1.29 is 13.1 Å². The fourth-order valence-electron chi connectivity index (χ4n) is 3.14. The Bertz CT molecular complexity index is 956. The van der Waals surface area contributed by atoms with Gasteiger partial charge in [-0.1, -0.05) is 48.0 Å². The number of aromatic nitrogens is 1. The zero-order valence-electron chi connectivity index (χ0n) is 17.0. The van der Waals surface area contributed by atoms with Crippen molar-refractivity contribution >= 4 is 38.3 Å². The molecule has 0 bridgehead atoms. The number of hydrogen-bond donors (Lipinski definition) is 0. The molecule has 0 atom stereocenters. The van der Waals surface area contributed by atoms with Crippen LogP contribution in [0, 0.1) is 20.8 Å². The van der Waals surface area contributed by atoms with Crippen molar-refractivity contribution in [1.29, 1.82) is 0 Å². The molecule has 0 radical (unpaired) electrons. The van der Waals surface area contributed by atoms with Gasteiger partial charge in [-0.3, -0.25) is 9.98 Å². The number of hydrogen-bond acceptors (Lipinski definition) is 2. The van der Waals surface area contributed by atoms with Crippen LogP contribution in [-0.4, -0.2) is 17.0 Å². The predicted octanol–water partition coefficient (Wildman–Crippen LogP) is 6.70. The van der Waals surface area contributed by atoms with Gasteiger partial charge in [0.15, 0.2) is 0 Å². The van der Waals surface area contributed by atoms with Crippen molar-refractivity contribution in [3.05, 3.63) is 88.2 Å². The Morgan fingerprint density at radius 1 is 0.897 bits per heavy atom. The van der Waals surface area contributed by atoms with E-state index in [1.165, 1.54) is 22.3 Å². The van der Waals surface area contributed by atoms with E-state index in [4.69, 9.17) is 25.2 Å². The van der Waals surface area contributed by atoms with Crippen LogP contribution in [0.1, 0.15) is 33.6 Å². The molecular weight excluding hydrogens is 445 g/mol. The molecule has 0 aliphatic rings. The van der Waals surface area contributed by atoms with E-state index in [0.717, 1.165) is 17.1 Å². The maximum atomic E-state index is 4.76. The van der Waals surface area contributed by atoms with E-state index in [1.807, 2.05) is 37.7 Å². The number of aryl methyl sites for hydroxylation is 3. The van der Waals surface area contributed by atoms with Gasteiger partial charge in [-0.05, 0) is 49.6 Å². The molecule has 1 heterocycles. The molecule has 0 unspecified atom stereocenters. The molecular formula is C23H25Cl2FeN3. The average molecular weight is 470 g/mol. The van der Waals surface area contributed by atoms with Crippen LogP contribution in [-0.2, 0) is 26.7 Å². The van der Waals surface area contributed by atoms with E-state index >= 15 is 0 Å². The van der Waals surface area contributed by atoms with Crippen LogP contribution in [0.25, 0.3) is 0 Å². The summed E-state index contributed by atoms with van der Waals surface area (Å²) in [5.74, 6) is 0. The second-order valence-electron chi connectivity index (χ2n) is 6.75. The monoisotopic (exact) mass is 469 g/mol. The molecule has 0 spiro atoms. The van der Waals surface area contributed by atoms with E-state index in [-0.39, 0.29) is 13.1 Å². The molecule has 3 aromatic rings. The van der Waals surface area contributed by atoms with Crippen LogP contribution >= 0.6 is 20.2 Å². The predicted molar refractivity (Wildman–Crippen MR) is 123 cm³/mol. The molecule has 6 heteroatoms. The molecule has 1 aromatic heterocycles. The summed E-state index contributed by atoms with van der Waals surface area (Å²) < 4.78 is 2.11. The van der Waals surface area contributed by atoms with Crippen molar-refractivity contribution in [3.63, 3.8) is 0 Å². The van der Waals surface area contributed by atoms with Crippen molar-refractivity contribution in [2.45, 2.75) is 27.3 Å². The molecule has 2 aromatic carbocycles. The van der Waals surface area contributed by atoms with Gasteiger partial charge >= 0.3 is 33.3 Å². The number of nitrogens with zero attached hydrogens (tertiary/aromatic N) is 3. The summed E-state index contributed by atoms with van der Waals surface area (Å²) in [5, 5.41) is 0. The third-order valence-corrected chi connectivity index (χ3v) is 4.50. The van der Waals surface area contributed by atoms with Crippen molar-refractivity contribution in [3.8, 4) is 0 Å². The molecule has 154 valence electrons. The summed E-state index contributed by atoms with van der Waals surface area (Å²) in [7, 11) is 11.6. The second-order valence-corrected chi connectivity index (χ2v) is 8.58. The van der Waals surface area contributed by atoms with Gasteiger partial charge in [0.1, 0.15) is 0 Å². The summed E-state index contributed by atoms with van der Waals surface area (Å²) in [6, 6.07) is 18.8. The SMILES string of the molecule is Cc1cc(C)c(N=Cc2ccc(C=NCc3ccccc3)n2C)c(C)c1.[Cl][Fe][Cl]. The average Bonchev–Trinajstić information content (AvgIpc) is 3.02. The van der Waals surface area contributed by atoms with Crippen molar-refractivity contribution in [2.75, 3.05) is 0 Å². The molecule has 29 heavy (non-hydrogen) atoms. The first-order chi connectivity index (χ1) is 14.0. The first-order valence-corrected chi connectivity index (χ1v) is 12.2. The fourth-order valence-corrected chi connectivity index (χ4v) is 3.14. The summed E-state index contributed by atoms with van der Waals surface area (Å²) in [5.41, 5.74) is 8.08. The van der Waals surface area contributed by atoms with Gasteiger partial charge in [-0.2, -0.15) is 0 Å². The zero-order chi connectivity index (χ0) is 21.2. The maximum absolute atomic E-state index is 4.76. The van der Waals surface area contributed by atoms with Crippen LogP contribution in [0.5, 0.6) is 0 Å². The van der Waals surface area contributed by atoms with Gasteiger partial charge in [0.05, 0.1) is 29.8 Å². The topological polar surface area (TPSA) is 29.6 Å². The summed E-state index contributed by atoms with van der Waals surface area (Å²) in [6.07, 6.45) is 3.85. The van der Waals surface area contributed by atoms with Gasteiger partial charge in [-0.15, -0.1) is 0 Å². The zero-order valence-corrected chi connectivity index (χ0v) is 19.6. The Kier molecular flexibility index (Phi) is 9.69. The van der Waals surface area contributed by atoms with E-state index < -0.39 is 0 Å². The molecule has 3 nitrogen and oxygen atoms in total. The Morgan fingerprint density at radius 2 is 1.45 bits per heavy atom. The molecule has 0 saturated heterocycles. The summed E-state index contributed by atoms with van der Waals surface area (Å²) >= 11 is 0.194. The standard InChI is InChI=1S/C23H25N3.2ClH.Fe/c1-17-12-18(2)23(19(3)13-17)25-16-22-11-10-21(26(22)4)15-24-14-20-8-6-5-7-9-20;;;/h5-13,15-16H,14H2,1-4H3;2*1H;/q;;;+2/p-2. The molecule has 0 aliphatic heterocycles. The van der Waals surface area contributed by atoms with Gasteiger partial charge in [-0.25, -0.2) is 0 Å². The number of benzene rings is 2. The van der Waals surface area contributed by atoms with Crippen molar-refractivity contribution in [2.24, 2.45) is 17.0 Å². The first-order valence-electron chi connectivity index (χ1n) is 9.12. The summed E-state index contributed by atoms with van der Waals surface area (Å²) in [6.45, 7) is 7.03. The minimum absolute atomic E-state index is 0.194. The van der Waals surface area contributed by atoms with Crippen LogP contribution in [0.2, 0.25) is 0 Å². The third-order valence-electron chi connectivity index (χ3n) is 4.50. The van der Waals surface area contributed by atoms with Gasteiger partial charge < -0.3 is 4.57 Å². The number of halogens is 2. The van der Waals surface area contributed by atoms with Gasteiger partial charge in [0, 0.05) is 13.3 Å². The Morgan fingerprint density at radius 3 is 2.03 bits per heavy atom. The first kappa shape index (κ1) is 23.4. The summed E-state index contributed by atoms with van der Waals surface area (Å²) in [4.78, 5) is 9.28. The van der Waals surface area contributed by atoms with Gasteiger partial charge in [0.25, 0.3) is 0 Å². The Balaban J connectivity index is 0.000000941. The quantitative estimate of drug-likeness (QED) is 0.294. The fraction of sp³-hybridized carbons (Fsp3) is 0.217. The number of rotatable bonds is 5. The van der Waals surface area contributed by atoms with Crippen molar-refractivity contribution in [1.82, 2.24) is 4.57 Å². The third kappa shape index (κ3) is 7.17. The van der Waals surface area contributed by atoms with Crippen LogP contribution in [0.4, 0.5) is 5.69 Å². The molecule has 0 amide bonds. The molecule has 0 aliphatic carbocycles. The van der Waals surface area contributed by atoms with Crippen LogP contribution in [0.15, 0.2) is 64.6 Å². The number of aliphatic imine (C=N–C) groups is 2. The second kappa shape index (κ2) is 12.0.